The molecule has 0 unspecified atom stereocenters. The Labute approximate surface area is 126 Å². The van der Waals surface area contributed by atoms with E-state index in [1.54, 1.807) is 12.1 Å². The van der Waals surface area contributed by atoms with Gasteiger partial charge in [0.2, 0.25) is 0 Å². The molecule has 2 rings (SSSR count). The molecule has 0 aliphatic rings. The van der Waals surface area contributed by atoms with Gasteiger partial charge in [-0.2, -0.15) is 5.10 Å². The second-order valence-electron chi connectivity index (χ2n) is 4.32. The fourth-order valence-electron chi connectivity index (χ4n) is 2.01. The Morgan fingerprint density at radius 1 is 1.35 bits per heavy atom. The van der Waals surface area contributed by atoms with Crippen LogP contribution in [0, 0.1) is 0 Å². The van der Waals surface area contributed by atoms with E-state index in [1.807, 2.05) is 23.7 Å². The molecule has 0 saturated carbocycles. The number of ether oxygens (including phenoxy) is 1. The highest BCUT2D eigenvalue weighted by Gasteiger charge is 2.14. The summed E-state index contributed by atoms with van der Waals surface area (Å²) in [5.41, 5.74) is 2.57. The number of carbonyl (C=O) groups excluding carboxylic acids is 1. The molecule has 1 aromatic heterocycles. The van der Waals surface area contributed by atoms with Gasteiger partial charge in [0.05, 0.1) is 21.4 Å². The highest BCUT2D eigenvalue weighted by molar-refractivity contribution is 9.10. The van der Waals surface area contributed by atoms with Gasteiger partial charge in [0.25, 0.3) is 0 Å². The van der Waals surface area contributed by atoms with Crippen LogP contribution in [0.3, 0.4) is 0 Å². The van der Waals surface area contributed by atoms with Crippen molar-refractivity contribution >= 4 is 22.2 Å². The lowest BCUT2D eigenvalue weighted by atomic mass is 10.2. The van der Waals surface area contributed by atoms with Crippen molar-refractivity contribution in [1.29, 1.82) is 0 Å². The lowest BCUT2D eigenvalue weighted by Gasteiger charge is -2.09. The third kappa shape index (κ3) is 2.93. The number of rotatable bonds is 6. The maximum atomic E-state index is 11.0. The van der Waals surface area contributed by atoms with Crippen LogP contribution in [0.2, 0.25) is 0 Å². The number of halogens is 1. The summed E-state index contributed by atoms with van der Waals surface area (Å²) in [6.45, 7) is 5.28. The summed E-state index contributed by atoms with van der Waals surface area (Å²) in [5, 5.41) is 4.52. The standard InChI is InChI=1S/C15H17BrN2O2/c1-3-12-15(16)13(18(4-2)17-12)10-20-14-8-6-5-7-11(14)9-19/h5-9H,3-4,10H2,1-2H3. The quantitative estimate of drug-likeness (QED) is 0.756. The number of carbonyl (C=O) groups is 1. The highest BCUT2D eigenvalue weighted by Crippen LogP contribution is 2.24. The molecule has 20 heavy (non-hydrogen) atoms. The summed E-state index contributed by atoms with van der Waals surface area (Å²) < 4.78 is 8.69. The molecule has 0 aliphatic heterocycles. The van der Waals surface area contributed by atoms with Gasteiger partial charge >= 0.3 is 0 Å². The molecule has 2 aromatic rings. The summed E-state index contributed by atoms with van der Waals surface area (Å²) in [5.74, 6) is 0.594. The van der Waals surface area contributed by atoms with Crippen LogP contribution < -0.4 is 4.74 Å². The zero-order chi connectivity index (χ0) is 14.5. The van der Waals surface area contributed by atoms with Gasteiger partial charge in [-0.05, 0) is 41.4 Å². The topological polar surface area (TPSA) is 44.1 Å². The summed E-state index contributed by atoms with van der Waals surface area (Å²) >= 11 is 3.58. The van der Waals surface area contributed by atoms with Crippen molar-refractivity contribution in [2.75, 3.05) is 0 Å². The Morgan fingerprint density at radius 3 is 2.75 bits per heavy atom. The lowest BCUT2D eigenvalue weighted by molar-refractivity contribution is 0.111. The fraction of sp³-hybridized carbons (Fsp3) is 0.333. The SMILES string of the molecule is CCc1nn(CC)c(COc2ccccc2C=O)c1Br. The third-order valence-corrected chi connectivity index (χ3v) is 4.02. The first-order valence-corrected chi connectivity index (χ1v) is 7.41. The van der Waals surface area contributed by atoms with Gasteiger partial charge in [-0.1, -0.05) is 19.1 Å². The summed E-state index contributed by atoms with van der Waals surface area (Å²) in [6, 6.07) is 7.21. The van der Waals surface area contributed by atoms with Crippen molar-refractivity contribution in [3.05, 3.63) is 45.7 Å². The van der Waals surface area contributed by atoms with Gasteiger partial charge in [0.1, 0.15) is 12.4 Å². The van der Waals surface area contributed by atoms with E-state index >= 15 is 0 Å². The van der Waals surface area contributed by atoms with E-state index in [0.717, 1.165) is 35.1 Å². The van der Waals surface area contributed by atoms with Crippen LogP contribution in [0.15, 0.2) is 28.7 Å². The smallest absolute Gasteiger partial charge is 0.153 e. The molecule has 0 spiro atoms. The van der Waals surface area contributed by atoms with Crippen LogP contribution in [-0.2, 0) is 19.6 Å². The Morgan fingerprint density at radius 2 is 2.10 bits per heavy atom. The normalized spacial score (nSPS) is 10.6. The van der Waals surface area contributed by atoms with Gasteiger partial charge in [0, 0.05) is 6.54 Å². The van der Waals surface area contributed by atoms with Crippen molar-refractivity contribution in [1.82, 2.24) is 9.78 Å². The van der Waals surface area contributed by atoms with E-state index in [2.05, 4.69) is 28.0 Å². The molecular weight excluding hydrogens is 320 g/mol. The largest absolute Gasteiger partial charge is 0.487 e. The molecule has 4 nitrogen and oxygen atoms in total. The Bertz CT molecular complexity index is 608. The number of nitrogens with zero attached hydrogens (tertiary/aromatic N) is 2. The average Bonchev–Trinajstić information content (AvgIpc) is 2.81. The van der Waals surface area contributed by atoms with Gasteiger partial charge in [0.15, 0.2) is 6.29 Å². The van der Waals surface area contributed by atoms with Crippen LogP contribution in [-0.4, -0.2) is 16.1 Å². The molecule has 1 heterocycles. The van der Waals surface area contributed by atoms with E-state index in [4.69, 9.17) is 4.74 Å². The van der Waals surface area contributed by atoms with Gasteiger partial charge in [-0.25, -0.2) is 0 Å². The molecule has 5 heteroatoms. The minimum Gasteiger partial charge on any atom is -0.487 e. The van der Waals surface area contributed by atoms with Crippen LogP contribution in [0.5, 0.6) is 5.75 Å². The molecular formula is C15H17BrN2O2. The first kappa shape index (κ1) is 14.8. The first-order valence-electron chi connectivity index (χ1n) is 6.62. The first-order chi connectivity index (χ1) is 9.71. The Hall–Kier alpha value is -1.62. The maximum absolute atomic E-state index is 11.0. The second kappa shape index (κ2) is 6.70. The number of aldehydes is 1. The average molecular weight is 337 g/mol. The van der Waals surface area contributed by atoms with Crippen LogP contribution in [0.1, 0.15) is 35.6 Å². The van der Waals surface area contributed by atoms with Gasteiger partial charge < -0.3 is 4.74 Å². The van der Waals surface area contributed by atoms with E-state index < -0.39 is 0 Å². The maximum Gasteiger partial charge on any atom is 0.153 e. The van der Waals surface area contributed by atoms with Crippen molar-refractivity contribution in [2.24, 2.45) is 0 Å². The number of para-hydroxylation sites is 1. The molecule has 0 atom stereocenters. The van der Waals surface area contributed by atoms with E-state index in [-0.39, 0.29) is 0 Å². The monoisotopic (exact) mass is 336 g/mol. The number of hydrogen-bond acceptors (Lipinski definition) is 3. The predicted octanol–water partition coefficient (Wildman–Crippen LogP) is 3.62. The van der Waals surface area contributed by atoms with Crippen molar-refractivity contribution < 1.29 is 9.53 Å². The molecule has 0 aliphatic carbocycles. The lowest BCUT2D eigenvalue weighted by Crippen LogP contribution is -2.07. The zero-order valence-corrected chi connectivity index (χ0v) is 13.2. The van der Waals surface area contributed by atoms with Crippen LogP contribution >= 0.6 is 15.9 Å². The van der Waals surface area contributed by atoms with Gasteiger partial charge in [-0.15, -0.1) is 0 Å². The number of aromatic nitrogens is 2. The molecule has 0 N–H and O–H groups in total. The molecule has 0 radical (unpaired) electrons. The van der Waals surface area contributed by atoms with Gasteiger partial charge in [-0.3, -0.25) is 9.48 Å². The highest BCUT2D eigenvalue weighted by atomic mass is 79.9. The Balaban J connectivity index is 2.22. The number of aryl methyl sites for hydroxylation is 2. The predicted molar refractivity (Wildman–Crippen MR) is 81.1 cm³/mol. The molecule has 106 valence electrons. The number of hydrogen-bond donors (Lipinski definition) is 0. The minimum atomic E-state index is 0.381. The summed E-state index contributed by atoms with van der Waals surface area (Å²) in [6.07, 6.45) is 1.67. The molecule has 0 amide bonds. The zero-order valence-electron chi connectivity index (χ0n) is 11.6. The number of benzene rings is 1. The van der Waals surface area contributed by atoms with Crippen molar-refractivity contribution in [3.8, 4) is 5.75 Å². The molecule has 1 aromatic carbocycles. The minimum absolute atomic E-state index is 0.381. The molecule has 0 saturated heterocycles. The van der Waals surface area contributed by atoms with Crippen molar-refractivity contribution in [3.63, 3.8) is 0 Å². The van der Waals surface area contributed by atoms with E-state index in [0.29, 0.717) is 17.9 Å². The van der Waals surface area contributed by atoms with Crippen LogP contribution in [0.25, 0.3) is 0 Å². The molecule has 0 bridgehead atoms. The fourth-order valence-corrected chi connectivity index (χ4v) is 2.69. The second-order valence-corrected chi connectivity index (χ2v) is 5.11. The summed E-state index contributed by atoms with van der Waals surface area (Å²) in [7, 11) is 0. The molecule has 0 fully saturated rings. The van der Waals surface area contributed by atoms with E-state index in [1.165, 1.54) is 0 Å². The third-order valence-electron chi connectivity index (χ3n) is 3.10. The van der Waals surface area contributed by atoms with Crippen molar-refractivity contribution in [2.45, 2.75) is 33.4 Å². The Kier molecular flexibility index (Phi) is 4.95. The van der Waals surface area contributed by atoms with Crippen LogP contribution in [0.4, 0.5) is 0 Å². The summed E-state index contributed by atoms with van der Waals surface area (Å²) in [4.78, 5) is 11.0. The van der Waals surface area contributed by atoms with E-state index in [9.17, 15) is 4.79 Å².